The lowest BCUT2D eigenvalue weighted by molar-refractivity contribution is 0.0530. The number of rotatable bonds is 3. The average molecular weight is 349 g/mol. The Morgan fingerprint density at radius 3 is 2.43 bits per heavy atom. The molecule has 0 radical (unpaired) electrons. The summed E-state index contributed by atoms with van der Waals surface area (Å²) in [6.07, 6.45) is 3.43. The highest BCUT2D eigenvalue weighted by Gasteiger charge is 2.11. The predicted octanol–water partition coefficient (Wildman–Crippen LogP) is 3.08. The van der Waals surface area contributed by atoms with Crippen molar-refractivity contribution < 1.29 is 4.74 Å². The quantitative estimate of drug-likeness (QED) is 0.651. The van der Waals surface area contributed by atoms with Gasteiger partial charge in [0.25, 0.3) is 0 Å². The van der Waals surface area contributed by atoms with E-state index in [-0.39, 0.29) is 0 Å². The molecule has 1 aliphatic heterocycles. The van der Waals surface area contributed by atoms with Gasteiger partial charge in [0.2, 0.25) is 0 Å². The van der Waals surface area contributed by atoms with Crippen molar-refractivity contribution in [2.24, 2.45) is 11.5 Å². The smallest absolute Gasteiger partial charge is 0.0988 e. The SMILES string of the molecule is N/C(=C\C=C(/N)N1CCOCC1)c1cc(Cl)cc(Cl)c1Cl. The summed E-state index contributed by atoms with van der Waals surface area (Å²) in [6.45, 7) is 2.87. The molecule has 4 N–H and O–H groups in total. The number of halogens is 3. The third-order valence-corrected chi connectivity index (χ3v) is 4.13. The van der Waals surface area contributed by atoms with Gasteiger partial charge in [0.1, 0.15) is 0 Å². The molecule has 21 heavy (non-hydrogen) atoms. The van der Waals surface area contributed by atoms with Crippen molar-refractivity contribution in [2.45, 2.75) is 0 Å². The van der Waals surface area contributed by atoms with Gasteiger partial charge in [0.15, 0.2) is 0 Å². The number of ether oxygens (including phenoxy) is 1. The number of allylic oxidation sites excluding steroid dienone is 2. The van der Waals surface area contributed by atoms with Crippen LogP contribution in [0.1, 0.15) is 5.56 Å². The van der Waals surface area contributed by atoms with Gasteiger partial charge in [-0.1, -0.05) is 34.8 Å². The Labute approximate surface area is 138 Å². The van der Waals surface area contributed by atoms with Gasteiger partial charge in [0.05, 0.1) is 29.1 Å². The van der Waals surface area contributed by atoms with Crippen molar-refractivity contribution in [1.29, 1.82) is 0 Å². The molecule has 1 aromatic carbocycles. The van der Waals surface area contributed by atoms with Gasteiger partial charge < -0.3 is 21.1 Å². The molecule has 0 bridgehead atoms. The van der Waals surface area contributed by atoms with Crippen LogP contribution in [-0.4, -0.2) is 31.2 Å². The van der Waals surface area contributed by atoms with Crippen LogP contribution in [0.15, 0.2) is 30.1 Å². The zero-order chi connectivity index (χ0) is 15.4. The summed E-state index contributed by atoms with van der Waals surface area (Å²) >= 11 is 18.1. The van der Waals surface area contributed by atoms with Crippen molar-refractivity contribution in [2.75, 3.05) is 26.3 Å². The highest BCUT2D eigenvalue weighted by Crippen LogP contribution is 2.32. The van der Waals surface area contributed by atoms with Gasteiger partial charge >= 0.3 is 0 Å². The molecular weight excluding hydrogens is 333 g/mol. The summed E-state index contributed by atoms with van der Waals surface area (Å²) in [5.74, 6) is 0.630. The third kappa shape index (κ3) is 4.20. The van der Waals surface area contributed by atoms with Crippen molar-refractivity contribution in [1.82, 2.24) is 4.90 Å². The minimum absolute atomic E-state index is 0.362. The standard InChI is InChI=1S/C14H16Cl3N3O/c15-9-7-10(14(17)11(16)8-9)12(18)1-2-13(19)20-3-5-21-6-4-20/h1-2,7-8H,3-6,18-19H2/b12-1-,13-2+. The molecule has 0 aliphatic carbocycles. The number of morpholine rings is 1. The summed E-state index contributed by atoms with van der Waals surface area (Å²) in [5.41, 5.74) is 13.1. The molecule has 1 aliphatic rings. The molecule has 4 nitrogen and oxygen atoms in total. The number of nitrogens with zero attached hydrogens (tertiary/aromatic N) is 1. The van der Waals surface area contributed by atoms with Crippen molar-refractivity contribution in [3.63, 3.8) is 0 Å². The van der Waals surface area contributed by atoms with Crippen LogP contribution >= 0.6 is 34.8 Å². The molecule has 1 saturated heterocycles. The fourth-order valence-corrected chi connectivity index (χ4v) is 2.67. The van der Waals surface area contributed by atoms with Crippen molar-refractivity contribution in [3.05, 3.63) is 50.7 Å². The van der Waals surface area contributed by atoms with Gasteiger partial charge in [-0.3, -0.25) is 0 Å². The molecule has 2 rings (SSSR count). The Kier molecular flexibility index (Phi) is 5.65. The van der Waals surface area contributed by atoms with Crippen LogP contribution in [0.4, 0.5) is 0 Å². The maximum absolute atomic E-state index is 6.13. The average Bonchev–Trinajstić information content (AvgIpc) is 2.49. The van der Waals surface area contributed by atoms with Gasteiger partial charge in [-0.15, -0.1) is 0 Å². The van der Waals surface area contributed by atoms with Crippen LogP contribution in [0.5, 0.6) is 0 Å². The Morgan fingerprint density at radius 2 is 1.76 bits per heavy atom. The number of nitrogens with two attached hydrogens (primary N) is 2. The molecule has 0 aromatic heterocycles. The first kappa shape index (κ1) is 16.3. The summed E-state index contributed by atoms with van der Waals surface area (Å²) in [4.78, 5) is 2.03. The lowest BCUT2D eigenvalue weighted by Crippen LogP contribution is -2.38. The van der Waals surface area contributed by atoms with E-state index in [1.54, 1.807) is 24.3 Å². The Balaban J connectivity index is 2.20. The van der Waals surface area contributed by atoms with E-state index in [1.165, 1.54) is 0 Å². The van der Waals surface area contributed by atoms with Gasteiger partial charge in [-0.2, -0.15) is 0 Å². The first-order valence-corrected chi connectivity index (χ1v) is 7.53. The highest BCUT2D eigenvalue weighted by molar-refractivity contribution is 6.44. The Hall–Kier alpha value is -1.07. The van der Waals surface area contributed by atoms with E-state index >= 15 is 0 Å². The van der Waals surface area contributed by atoms with Crippen molar-refractivity contribution in [3.8, 4) is 0 Å². The minimum atomic E-state index is 0.362. The molecule has 1 aromatic rings. The molecule has 114 valence electrons. The topological polar surface area (TPSA) is 64.5 Å². The zero-order valence-corrected chi connectivity index (χ0v) is 13.5. The molecule has 0 saturated carbocycles. The van der Waals surface area contributed by atoms with E-state index in [0.717, 1.165) is 13.1 Å². The molecule has 1 heterocycles. The lowest BCUT2D eigenvalue weighted by Gasteiger charge is -2.28. The summed E-state index contributed by atoms with van der Waals surface area (Å²) < 4.78 is 5.28. The molecule has 0 unspecified atom stereocenters. The van der Waals surface area contributed by atoms with E-state index < -0.39 is 0 Å². The van der Waals surface area contributed by atoms with E-state index in [2.05, 4.69) is 0 Å². The van der Waals surface area contributed by atoms with Crippen LogP contribution < -0.4 is 11.5 Å². The van der Waals surface area contributed by atoms with Gasteiger partial charge in [-0.05, 0) is 24.3 Å². The zero-order valence-electron chi connectivity index (χ0n) is 11.3. The fourth-order valence-electron chi connectivity index (χ4n) is 1.96. The molecule has 7 heteroatoms. The Morgan fingerprint density at radius 1 is 1.10 bits per heavy atom. The second-order valence-corrected chi connectivity index (χ2v) is 5.78. The summed E-state index contributed by atoms with van der Waals surface area (Å²) in [5, 5.41) is 1.20. The second-order valence-electron chi connectivity index (χ2n) is 4.56. The number of hydrogen-bond acceptors (Lipinski definition) is 4. The minimum Gasteiger partial charge on any atom is -0.398 e. The molecule has 0 spiro atoms. The van der Waals surface area contributed by atoms with Gasteiger partial charge in [-0.25, -0.2) is 0 Å². The summed E-state index contributed by atoms with van der Waals surface area (Å²) in [6, 6.07) is 3.24. The normalized spacial score (nSPS) is 17.2. The van der Waals surface area contributed by atoms with Crippen molar-refractivity contribution >= 4 is 40.5 Å². The van der Waals surface area contributed by atoms with Crippen LogP contribution in [0.25, 0.3) is 5.70 Å². The monoisotopic (exact) mass is 347 g/mol. The molecule has 0 amide bonds. The highest BCUT2D eigenvalue weighted by atomic mass is 35.5. The van der Waals surface area contributed by atoms with E-state index in [1.807, 2.05) is 4.90 Å². The van der Waals surface area contributed by atoms with Gasteiger partial charge in [0, 0.05) is 29.4 Å². The van der Waals surface area contributed by atoms with Crippen LogP contribution in [0, 0.1) is 0 Å². The number of benzene rings is 1. The first-order valence-electron chi connectivity index (χ1n) is 6.39. The Bertz CT molecular complexity index is 581. The van der Waals surface area contributed by atoms with E-state index in [9.17, 15) is 0 Å². The van der Waals surface area contributed by atoms with Crippen LogP contribution in [0.3, 0.4) is 0 Å². The van der Waals surface area contributed by atoms with E-state index in [4.69, 9.17) is 51.0 Å². The first-order chi connectivity index (χ1) is 9.99. The number of hydrogen-bond donors (Lipinski definition) is 2. The maximum atomic E-state index is 6.13. The van der Waals surface area contributed by atoms with E-state index in [0.29, 0.717) is 45.4 Å². The lowest BCUT2D eigenvalue weighted by atomic mass is 10.1. The molecule has 0 atom stereocenters. The third-order valence-electron chi connectivity index (χ3n) is 3.11. The second kappa shape index (κ2) is 7.27. The fraction of sp³-hybridized carbons (Fsp3) is 0.286. The predicted molar refractivity (Wildman–Crippen MR) is 88.3 cm³/mol. The summed E-state index contributed by atoms with van der Waals surface area (Å²) in [7, 11) is 0. The molecule has 1 fully saturated rings. The maximum Gasteiger partial charge on any atom is 0.0988 e. The largest absolute Gasteiger partial charge is 0.398 e. The van der Waals surface area contributed by atoms with Crippen LogP contribution in [-0.2, 0) is 4.74 Å². The van der Waals surface area contributed by atoms with Crippen LogP contribution in [0.2, 0.25) is 15.1 Å². The molecular formula is C14H16Cl3N3O.